The number of hydrogen-bond donors (Lipinski definition) is 1. The normalized spacial score (nSPS) is 18.8. The summed E-state index contributed by atoms with van der Waals surface area (Å²) in [4.78, 5) is 23.4. The van der Waals surface area contributed by atoms with Gasteiger partial charge in [0.1, 0.15) is 5.60 Å². The number of piperazine rings is 1. The molecule has 1 amide bonds. The van der Waals surface area contributed by atoms with Crippen molar-refractivity contribution in [2.45, 2.75) is 58.3 Å². The molecule has 180 valence electrons. The summed E-state index contributed by atoms with van der Waals surface area (Å²) < 4.78 is 5.57. The van der Waals surface area contributed by atoms with Gasteiger partial charge in [-0.3, -0.25) is 4.90 Å². The van der Waals surface area contributed by atoms with Gasteiger partial charge in [-0.1, -0.05) is 30.3 Å². The Morgan fingerprint density at radius 2 is 2.00 bits per heavy atom. The Labute approximate surface area is 201 Å². The van der Waals surface area contributed by atoms with Crippen LogP contribution < -0.4 is 4.90 Å². The Kier molecular flexibility index (Phi) is 6.94. The van der Waals surface area contributed by atoms with Gasteiger partial charge in [0.05, 0.1) is 24.2 Å². The fourth-order valence-electron chi connectivity index (χ4n) is 4.73. The van der Waals surface area contributed by atoms with Crippen molar-refractivity contribution in [2.24, 2.45) is 0 Å². The molecule has 1 unspecified atom stereocenters. The summed E-state index contributed by atoms with van der Waals surface area (Å²) in [7, 11) is 0. The predicted octanol–water partition coefficient (Wildman–Crippen LogP) is 3.68. The number of carbonyl (C=O) groups is 1. The average Bonchev–Trinajstić information content (AvgIpc) is 2.78. The van der Waals surface area contributed by atoms with E-state index in [-0.39, 0.29) is 24.4 Å². The molecule has 1 atom stereocenters. The third-order valence-corrected chi connectivity index (χ3v) is 6.25. The minimum atomic E-state index is -0.590. The van der Waals surface area contributed by atoms with Crippen LogP contribution in [0, 0.1) is 11.3 Å². The van der Waals surface area contributed by atoms with Crippen molar-refractivity contribution in [3.63, 3.8) is 0 Å². The summed E-state index contributed by atoms with van der Waals surface area (Å²) in [6, 6.07) is 14.0. The first-order valence-corrected chi connectivity index (χ1v) is 11.8. The van der Waals surface area contributed by atoms with Crippen LogP contribution in [0.25, 0.3) is 0 Å². The zero-order chi connectivity index (χ0) is 24.3. The Bertz CT molecular complexity index is 1060. The highest BCUT2D eigenvalue weighted by Gasteiger charge is 2.35. The van der Waals surface area contributed by atoms with Crippen molar-refractivity contribution in [3.05, 3.63) is 53.2 Å². The van der Waals surface area contributed by atoms with Gasteiger partial charge in [-0.2, -0.15) is 5.26 Å². The van der Waals surface area contributed by atoms with Crippen LogP contribution in [-0.4, -0.2) is 63.8 Å². The first kappa shape index (κ1) is 23.8. The van der Waals surface area contributed by atoms with Gasteiger partial charge in [0.15, 0.2) is 0 Å². The molecule has 2 aromatic rings. The Hall–Kier alpha value is -3.31. The second-order valence-corrected chi connectivity index (χ2v) is 10.0. The summed E-state index contributed by atoms with van der Waals surface area (Å²) in [5, 5.41) is 19.8. The van der Waals surface area contributed by atoms with E-state index in [1.807, 2.05) is 39.0 Å². The molecule has 8 nitrogen and oxygen atoms in total. The number of nitriles is 1. The molecule has 0 bridgehead atoms. The molecule has 3 heterocycles. The van der Waals surface area contributed by atoms with E-state index >= 15 is 0 Å². The fourth-order valence-corrected chi connectivity index (χ4v) is 4.73. The number of fused-ring (bicyclic) bond motifs is 1. The monoisotopic (exact) mass is 463 g/mol. The van der Waals surface area contributed by atoms with Crippen LogP contribution in [0.2, 0.25) is 0 Å². The van der Waals surface area contributed by atoms with Crippen molar-refractivity contribution >= 4 is 11.8 Å². The number of ether oxygens (including phenoxy) is 1. The third-order valence-electron chi connectivity index (χ3n) is 6.25. The molecule has 0 aliphatic carbocycles. The van der Waals surface area contributed by atoms with E-state index < -0.39 is 5.60 Å². The summed E-state index contributed by atoms with van der Waals surface area (Å²) in [6.07, 6.45) is 0.670. The molecule has 2 aliphatic heterocycles. The van der Waals surface area contributed by atoms with Gasteiger partial charge in [-0.05, 0) is 38.3 Å². The van der Waals surface area contributed by atoms with Crippen molar-refractivity contribution in [1.82, 2.24) is 14.8 Å². The lowest BCUT2D eigenvalue weighted by Crippen LogP contribution is -2.56. The average molecular weight is 464 g/mol. The Morgan fingerprint density at radius 1 is 1.24 bits per heavy atom. The SMILES string of the molecule is CC(C)(C)OC(=O)N1CCN(c2cc(O)nc3c2CCN(Cc2ccccc2)C3)CC1CC#N. The molecule has 2 aliphatic rings. The number of nitrogens with zero attached hydrogens (tertiary/aromatic N) is 5. The predicted molar refractivity (Wildman–Crippen MR) is 129 cm³/mol. The zero-order valence-electron chi connectivity index (χ0n) is 20.2. The summed E-state index contributed by atoms with van der Waals surface area (Å²) in [6.45, 7) is 9.51. The number of aromatic hydroxyl groups is 1. The lowest BCUT2D eigenvalue weighted by Gasteiger charge is -2.43. The smallest absolute Gasteiger partial charge is 0.410 e. The molecule has 0 radical (unpaired) electrons. The minimum Gasteiger partial charge on any atom is -0.493 e. The second kappa shape index (κ2) is 9.90. The number of rotatable bonds is 4. The van der Waals surface area contributed by atoms with Gasteiger partial charge in [-0.15, -0.1) is 0 Å². The lowest BCUT2D eigenvalue weighted by atomic mass is 10.00. The Balaban J connectivity index is 1.52. The van der Waals surface area contributed by atoms with Gasteiger partial charge >= 0.3 is 6.09 Å². The molecule has 1 fully saturated rings. The standard InChI is InChI=1S/C26H33N5O3/c1-26(2,3)34-25(33)31-14-13-30(17-20(31)9-11-27)23-15-24(32)28-22-18-29(12-10-21(22)23)16-19-7-5-4-6-8-19/h4-8,15,20H,9-10,12-14,16-18H2,1-3H3,(H,28,32). The molecule has 1 saturated heterocycles. The van der Waals surface area contributed by atoms with Crippen molar-refractivity contribution in [1.29, 1.82) is 5.26 Å². The minimum absolute atomic E-state index is 0.00159. The van der Waals surface area contributed by atoms with E-state index in [0.717, 1.165) is 36.5 Å². The van der Waals surface area contributed by atoms with Crippen molar-refractivity contribution < 1.29 is 14.6 Å². The van der Waals surface area contributed by atoms with Crippen molar-refractivity contribution in [2.75, 3.05) is 31.1 Å². The largest absolute Gasteiger partial charge is 0.493 e. The molecule has 0 spiro atoms. The zero-order valence-corrected chi connectivity index (χ0v) is 20.2. The number of anilines is 1. The van der Waals surface area contributed by atoms with E-state index in [1.54, 1.807) is 11.0 Å². The number of hydrogen-bond acceptors (Lipinski definition) is 7. The second-order valence-electron chi connectivity index (χ2n) is 10.0. The third kappa shape index (κ3) is 5.60. The number of amides is 1. The van der Waals surface area contributed by atoms with E-state index in [2.05, 4.69) is 33.0 Å². The maximum Gasteiger partial charge on any atom is 0.410 e. The van der Waals surface area contributed by atoms with Crippen LogP contribution in [0.5, 0.6) is 5.88 Å². The highest BCUT2D eigenvalue weighted by molar-refractivity contribution is 5.69. The maximum atomic E-state index is 12.7. The van der Waals surface area contributed by atoms with Gasteiger partial charge in [0, 0.05) is 51.0 Å². The molecule has 0 saturated carbocycles. The summed E-state index contributed by atoms with van der Waals surface area (Å²) >= 11 is 0. The van der Waals surface area contributed by atoms with E-state index in [9.17, 15) is 15.2 Å². The van der Waals surface area contributed by atoms with Gasteiger partial charge in [0.25, 0.3) is 0 Å². The molecule has 1 aromatic heterocycles. The number of aromatic nitrogens is 1. The van der Waals surface area contributed by atoms with E-state index in [0.29, 0.717) is 26.2 Å². The Morgan fingerprint density at radius 3 is 2.71 bits per heavy atom. The van der Waals surface area contributed by atoms with Crippen LogP contribution >= 0.6 is 0 Å². The molecule has 34 heavy (non-hydrogen) atoms. The lowest BCUT2D eigenvalue weighted by molar-refractivity contribution is 0.0145. The topological polar surface area (TPSA) is 92.9 Å². The van der Waals surface area contributed by atoms with Crippen LogP contribution in [0.1, 0.15) is 44.0 Å². The quantitative estimate of drug-likeness (QED) is 0.739. The molecule has 4 rings (SSSR count). The number of pyridine rings is 1. The molecule has 1 N–H and O–H groups in total. The van der Waals surface area contributed by atoms with Gasteiger partial charge in [-0.25, -0.2) is 9.78 Å². The van der Waals surface area contributed by atoms with Crippen molar-refractivity contribution in [3.8, 4) is 11.9 Å². The van der Waals surface area contributed by atoms with Gasteiger partial charge in [0.2, 0.25) is 5.88 Å². The van der Waals surface area contributed by atoms with Crippen LogP contribution in [-0.2, 0) is 24.2 Å². The van der Waals surface area contributed by atoms with Crippen LogP contribution in [0.15, 0.2) is 36.4 Å². The maximum absolute atomic E-state index is 12.7. The number of carbonyl (C=O) groups excluding carboxylic acids is 1. The molecular weight excluding hydrogens is 430 g/mol. The summed E-state index contributed by atoms with van der Waals surface area (Å²) in [5.41, 5.74) is 3.65. The molecular formula is C26H33N5O3. The van der Waals surface area contributed by atoms with Crippen LogP contribution in [0.3, 0.4) is 0 Å². The number of benzene rings is 1. The van der Waals surface area contributed by atoms with E-state index in [4.69, 9.17) is 4.74 Å². The fraction of sp³-hybridized carbons (Fsp3) is 0.500. The molecule has 8 heteroatoms. The highest BCUT2D eigenvalue weighted by Crippen LogP contribution is 2.33. The van der Waals surface area contributed by atoms with Gasteiger partial charge < -0.3 is 19.6 Å². The first-order chi connectivity index (χ1) is 16.2. The highest BCUT2D eigenvalue weighted by atomic mass is 16.6. The van der Waals surface area contributed by atoms with E-state index in [1.165, 1.54) is 5.56 Å². The van der Waals surface area contributed by atoms with Crippen LogP contribution in [0.4, 0.5) is 10.5 Å². The first-order valence-electron chi connectivity index (χ1n) is 11.8. The molecule has 1 aromatic carbocycles. The summed E-state index contributed by atoms with van der Waals surface area (Å²) in [5.74, 6) is 0.00159.